The van der Waals surface area contributed by atoms with E-state index in [0.29, 0.717) is 11.1 Å². The molecule has 0 aliphatic carbocycles. The van der Waals surface area contributed by atoms with E-state index >= 15 is 0 Å². The number of hydrogen-bond acceptors (Lipinski definition) is 1. The molecule has 0 unspecified atom stereocenters. The first-order valence-corrected chi connectivity index (χ1v) is 15.6. The second kappa shape index (κ2) is 10.1. The minimum atomic E-state index is -2.61. The van der Waals surface area contributed by atoms with Crippen molar-refractivity contribution in [3.63, 3.8) is 0 Å². The lowest BCUT2D eigenvalue weighted by Crippen LogP contribution is -2.67. The lowest BCUT2D eigenvalue weighted by molar-refractivity contribution is 0.169. The Morgan fingerprint density at radius 2 is 1.46 bits per heavy atom. The molecule has 0 saturated carbocycles. The molecule has 0 atom stereocenters. The summed E-state index contributed by atoms with van der Waals surface area (Å²) in [7, 11) is -2.61. The van der Waals surface area contributed by atoms with Gasteiger partial charge < -0.3 is 9.41 Å². The van der Waals surface area contributed by atoms with E-state index < -0.39 is 8.32 Å². The Morgan fingerprint density at radius 1 is 0.914 bits per heavy atom. The van der Waals surface area contributed by atoms with E-state index in [-0.39, 0.29) is 16.3 Å². The van der Waals surface area contributed by atoms with Gasteiger partial charge >= 0.3 is 0 Å². The molecule has 0 radical (unpaired) electrons. The average Bonchev–Trinajstić information content (AvgIpc) is 3.08. The number of hydrogen-bond donors (Lipinski definition) is 1. The van der Waals surface area contributed by atoms with Crippen molar-refractivity contribution >= 4 is 68.1 Å². The standard InChI is InChI=1S/C29H32BrFINOSi/c1-28(2,3)35(20-12-8-6-9-13-20,21-14-10-7-11-15-21)34-19-29(4,5)18-23-22-16-24(30)25(31)17-26(22)33-27(23)32/h6-17,33H,18-19H2,1-5H3. The first-order chi connectivity index (χ1) is 16.4. The van der Waals surface area contributed by atoms with Crippen LogP contribution in [0.1, 0.15) is 40.2 Å². The van der Waals surface area contributed by atoms with Crippen molar-refractivity contribution in [3.05, 3.63) is 92.4 Å². The highest BCUT2D eigenvalue weighted by atomic mass is 127. The number of aromatic amines is 1. The van der Waals surface area contributed by atoms with Gasteiger partial charge in [-0.2, -0.15) is 0 Å². The molecule has 0 saturated heterocycles. The zero-order valence-electron chi connectivity index (χ0n) is 20.9. The van der Waals surface area contributed by atoms with Gasteiger partial charge in [0.1, 0.15) is 5.82 Å². The lowest BCUT2D eigenvalue weighted by atomic mass is 9.86. The van der Waals surface area contributed by atoms with Crippen molar-refractivity contribution in [2.24, 2.45) is 5.41 Å². The van der Waals surface area contributed by atoms with E-state index in [2.05, 4.69) is 139 Å². The summed E-state index contributed by atoms with van der Waals surface area (Å²) in [6, 6.07) is 25.0. The largest absolute Gasteiger partial charge is 0.407 e. The molecule has 0 bridgehead atoms. The predicted molar refractivity (Wildman–Crippen MR) is 160 cm³/mol. The zero-order chi connectivity index (χ0) is 25.4. The highest BCUT2D eigenvalue weighted by molar-refractivity contribution is 14.1. The number of halogens is 3. The van der Waals surface area contributed by atoms with Gasteiger partial charge in [-0.15, -0.1) is 0 Å². The number of H-pyrrole nitrogens is 1. The molecule has 1 aromatic heterocycles. The maximum atomic E-state index is 14.1. The van der Waals surface area contributed by atoms with Crippen LogP contribution in [0.3, 0.4) is 0 Å². The van der Waals surface area contributed by atoms with Crippen molar-refractivity contribution in [2.75, 3.05) is 6.61 Å². The number of fused-ring (bicyclic) bond motifs is 1. The SMILES string of the molecule is CC(C)(CO[Si](c1ccccc1)(c1ccccc1)C(C)(C)C)Cc1c(I)[nH]c2cc(F)c(Br)cc12. The summed E-state index contributed by atoms with van der Waals surface area (Å²) in [5.41, 5.74) is 1.90. The van der Waals surface area contributed by atoms with Crippen LogP contribution in [0.4, 0.5) is 4.39 Å². The van der Waals surface area contributed by atoms with Crippen LogP contribution >= 0.6 is 38.5 Å². The fourth-order valence-electron chi connectivity index (χ4n) is 4.98. The molecule has 3 aromatic carbocycles. The molecule has 0 spiro atoms. The maximum Gasteiger partial charge on any atom is 0.261 e. The van der Waals surface area contributed by atoms with Crippen LogP contribution in [-0.4, -0.2) is 19.9 Å². The fraction of sp³-hybridized carbons (Fsp3) is 0.310. The minimum absolute atomic E-state index is 0.0661. The van der Waals surface area contributed by atoms with Crippen molar-refractivity contribution in [2.45, 2.75) is 46.1 Å². The van der Waals surface area contributed by atoms with Gasteiger partial charge in [0.25, 0.3) is 8.32 Å². The molecule has 0 aliphatic rings. The van der Waals surface area contributed by atoms with Gasteiger partial charge in [-0.05, 0) is 83.5 Å². The summed E-state index contributed by atoms with van der Waals surface area (Å²) in [5, 5.41) is 3.57. The van der Waals surface area contributed by atoms with Crippen LogP contribution in [0.15, 0.2) is 77.3 Å². The Hall–Kier alpha value is -1.48. The van der Waals surface area contributed by atoms with Gasteiger partial charge in [0.15, 0.2) is 0 Å². The van der Waals surface area contributed by atoms with E-state index in [4.69, 9.17) is 4.43 Å². The zero-order valence-corrected chi connectivity index (χ0v) is 25.6. The molecule has 184 valence electrons. The monoisotopic (exact) mass is 663 g/mol. The van der Waals surface area contributed by atoms with Gasteiger partial charge in [0, 0.05) is 17.5 Å². The predicted octanol–water partition coefficient (Wildman–Crippen LogP) is 7.82. The minimum Gasteiger partial charge on any atom is -0.407 e. The summed E-state index contributed by atoms with van der Waals surface area (Å²) in [6.45, 7) is 12.1. The van der Waals surface area contributed by atoms with Crippen LogP contribution in [0.2, 0.25) is 5.04 Å². The van der Waals surface area contributed by atoms with Crippen LogP contribution in [0, 0.1) is 14.9 Å². The summed E-state index contributed by atoms with van der Waals surface area (Å²) >= 11 is 5.69. The maximum absolute atomic E-state index is 14.1. The summed E-state index contributed by atoms with van der Waals surface area (Å²) in [6.07, 6.45) is 0.821. The molecular weight excluding hydrogens is 632 g/mol. The molecule has 35 heavy (non-hydrogen) atoms. The smallest absolute Gasteiger partial charge is 0.261 e. The Balaban J connectivity index is 1.72. The Bertz CT molecular complexity index is 1280. The van der Waals surface area contributed by atoms with Crippen LogP contribution in [0.25, 0.3) is 10.9 Å². The molecule has 2 nitrogen and oxygen atoms in total. The lowest BCUT2D eigenvalue weighted by Gasteiger charge is -2.44. The summed E-state index contributed by atoms with van der Waals surface area (Å²) in [5.74, 6) is -0.254. The highest BCUT2D eigenvalue weighted by Crippen LogP contribution is 2.39. The fourth-order valence-corrected chi connectivity index (χ4v) is 10.9. The Morgan fingerprint density at radius 3 is 1.97 bits per heavy atom. The first-order valence-electron chi connectivity index (χ1n) is 11.8. The van der Waals surface area contributed by atoms with Crippen molar-refractivity contribution in [1.29, 1.82) is 0 Å². The van der Waals surface area contributed by atoms with Gasteiger partial charge in [-0.1, -0.05) is 95.3 Å². The molecule has 1 heterocycles. The molecular formula is C29H32BrFINOSi. The van der Waals surface area contributed by atoms with Gasteiger partial charge in [0.05, 0.1) is 8.17 Å². The average molecular weight is 664 g/mol. The second-order valence-corrected chi connectivity index (χ2v) is 17.3. The van der Waals surface area contributed by atoms with Gasteiger partial charge in [-0.3, -0.25) is 0 Å². The van der Waals surface area contributed by atoms with Crippen molar-refractivity contribution in [3.8, 4) is 0 Å². The van der Waals surface area contributed by atoms with E-state index in [1.807, 2.05) is 6.07 Å². The molecule has 0 amide bonds. The summed E-state index contributed by atoms with van der Waals surface area (Å²) in [4.78, 5) is 3.36. The number of aromatic nitrogens is 1. The van der Waals surface area contributed by atoms with Gasteiger partial charge in [0.2, 0.25) is 0 Å². The molecule has 0 fully saturated rings. The van der Waals surface area contributed by atoms with Crippen molar-refractivity contribution < 1.29 is 8.82 Å². The Labute approximate surface area is 231 Å². The van der Waals surface area contributed by atoms with E-state index in [1.54, 1.807) is 6.07 Å². The molecule has 1 N–H and O–H groups in total. The third kappa shape index (κ3) is 5.31. The number of benzene rings is 3. The van der Waals surface area contributed by atoms with Crippen LogP contribution in [-0.2, 0) is 10.8 Å². The molecule has 4 rings (SSSR count). The number of rotatable bonds is 7. The summed E-state index contributed by atoms with van der Waals surface area (Å²) < 4.78 is 22.9. The van der Waals surface area contributed by atoms with Crippen LogP contribution < -0.4 is 10.4 Å². The van der Waals surface area contributed by atoms with E-state index in [0.717, 1.165) is 21.0 Å². The second-order valence-electron chi connectivity index (χ2n) is 11.0. The normalized spacial score (nSPS) is 12.9. The topological polar surface area (TPSA) is 25.0 Å². The Kier molecular flexibility index (Phi) is 7.68. The molecule has 4 aromatic rings. The highest BCUT2D eigenvalue weighted by Gasteiger charge is 2.50. The van der Waals surface area contributed by atoms with E-state index in [1.165, 1.54) is 15.9 Å². The van der Waals surface area contributed by atoms with E-state index in [9.17, 15) is 4.39 Å². The molecule has 6 heteroatoms. The van der Waals surface area contributed by atoms with Gasteiger partial charge in [-0.25, -0.2) is 4.39 Å². The first kappa shape index (κ1) is 26.6. The third-order valence-electron chi connectivity index (χ3n) is 6.65. The third-order valence-corrected chi connectivity index (χ3v) is 13.2. The van der Waals surface area contributed by atoms with Crippen LogP contribution in [0.5, 0.6) is 0 Å². The molecule has 0 aliphatic heterocycles. The quantitative estimate of drug-likeness (QED) is 0.158. The number of nitrogens with one attached hydrogen (secondary N) is 1. The van der Waals surface area contributed by atoms with Crippen molar-refractivity contribution in [1.82, 2.24) is 4.98 Å².